The Hall–Kier alpha value is -3.24. The van der Waals surface area contributed by atoms with Crippen LogP contribution in [0.15, 0.2) is 30.6 Å². The van der Waals surface area contributed by atoms with Crippen molar-refractivity contribution < 1.29 is 13.9 Å². The molecule has 0 atom stereocenters. The summed E-state index contributed by atoms with van der Waals surface area (Å²) in [5.74, 6) is -0.853. The van der Waals surface area contributed by atoms with Crippen LogP contribution in [0.2, 0.25) is 0 Å². The zero-order valence-electron chi connectivity index (χ0n) is 19.6. The summed E-state index contributed by atoms with van der Waals surface area (Å²) in [5, 5.41) is 3.32. The summed E-state index contributed by atoms with van der Waals surface area (Å²) in [6.07, 6.45) is 5.52. The van der Waals surface area contributed by atoms with E-state index < -0.39 is 5.82 Å². The number of aromatic nitrogens is 3. The van der Waals surface area contributed by atoms with Crippen LogP contribution < -0.4 is 15.0 Å². The zero-order chi connectivity index (χ0) is 24.0. The molecule has 5 rings (SSSR count). The Morgan fingerprint density at radius 1 is 1.24 bits per heavy atom. The largest absolute Gasteiger partial charge is 0.473 e. The number of amides is 1. The van der Waals surface area contributed by atoms with Gasteiger partial charge in [0, 0.05) is 37.6 Å². The molecule has 178 valence electrons. The van der Waals surface area contributed by atoms with E-state index in [1.54, 1.807) is 36.9 Å². The first-order chi connectivity index (χ1) is 16.3. The molecule has 1 aromatic carbocycles. The number of fused-ring (bicyclic) bond motifs is 2. The Bertz CT molecular complexity index is 1370. The number of ether oxygens (including phenoxy) is 1. The molecule has 0 saturated carbocycles. The van der Waals surface area contributed by atoms with Crippen molar-refractivity contribution in [1.29, 1.82) is 0 Å². The third kappa shape index (κ3) is 4.07. The van der Waals surface area contributed by atoms with Crippen molar-refractivity contribution >= 4 is 44.5 Å². The van der Waals surface area contributed by atoms with Gasteiger partial charge >= 0.3 is 0 Å². The molecule has 1 amide bonds. The number of imidazole rings is 1. The predicted molar refractivity (Wildman–Crippen MR) is 133 cm³/mol. The number of benzene rings is 1. The van der Waals surface area contributed by atoms with Gasteiger partial charge in [0.25, 0.3) is 11.1 Å². The van der Waals surface area contributed by atoms with Crippen LogP contribution in [0, 0.1) is 12.7 Å². The number of rotatable bonds is 5. The molecular weight excluding hydrogens is 455 g/mol. The van der Waals surface area contributed by atoms with Crippen molar-refractivity contribution in [2.75, 3.05) is 44.5 Å². The van der Waals surface area contributed by atoms with E-state index in [2.05, 4.69) is 39.2 Å². The minimum absolute atomic E-state index is 0.226. The highest BCUT2D eigenvalue weighted by molar-refractivity contribution is 7.21. The molecule has 1 fully saturated rings. The summed E-state index contributed by atoms with van der Waals surface area (Å²) >= 11 is 1.43. The maximum atomic E-state index is 14.5. The van der Waals surface area contributed by atoms with Crippen molar-refractivity contribution in [3.8, 4) is 5.19 Å². The molecular formula is C24H27FN6O2S. The number of aryl methyl sites for hydroxylation is 1. The standard InChI is InChI=1S/C24H27FN6O2S/c1-14-12-31-13-15(11-18(25)22(31)26-14)27-23(32)17-5-6-19(21-20(17)28-24(33-4)34-21)30-9-7-16(8-10-30)29(2)3/h5-6,11-13,16H,7-10H2,1-4H3,(H,27,32). The van der Waals surface area contributed by atoms with Crippen molar-refractivity contribution in [1.82, 2.24) is 19.3 Å². The van der Waals surface area contributed by atoms with Gasteiger partial charge in [-0.2, -0.15) is 0 Å². The highest BCUT2D eigenvalue weighted by Gasteiger charge is 2.25. The third-order valence-corrected chi connectivity index (χ3v) is 7.38. The molecule has 4 aromatic rings. The Balaban J connectivity index is 1.46. The Labute approximate surface area is 201 Å². The number of nitrogens with zero attached hydrogens (tertiary/aromatic N) is 5. The molecule has 0 aliphatic carbocycles. The lowest BCUT2D eigenvalue weighted by Gasteiger charge is -2.36. The predicted octanol–water partition coefficient (Wildman–Crippen LogP) is 4.18. The number of carbonyl (C=O) groups is 1. The molecule has 0 unspecified atom stereocenters. The molecule has 0 radical (unpaired) electrons. The minimum atomic E-state index is -0.497. The van der Waals surface area contributed by atoms with Gasteiger partial charge in [0.1, 0.15) is 5.52 Å². The lowest BCUT2D eigenvalue weighted by atomic mass is 10.0. The summed E-state index contributed by atoms with van der Waals surface area (Å²) in [7, 11) is 5.82. The van der Waals surface area contributed by atoms with E-state index in [4.69, 9.17) is 4.74 Å². The Morgan fingerprint density at radius 2 is 2.00 bits per heavy atom. The van der Waals surface area contributed by atoms with Crippen LogP contribution in [0.25, 0.3) is 15.9 Å². The lowest BCUT2D eigenvalue weighted by molar-refractivity contribution is 0.102. The molecule has 34 heavy (non-hydrogen) atoms. The normalized spacial score (nSPS) is 14.9. The number of thiazole rings is 1. The van der Waals surface area contributed by atoms with E-state index in [0.29, 0.717) is 33.7 Å². The van der Waals surface area contributed by atoms with Crippen molar-refractivity contribution in [3.05, 3.63) is 47.7 Å². The molecule has 1 aliphatic heterocycles. The van der Waals surface area contributed by atoms with Gasteiger partial charge in [0.05, 0.1) is 34.4 Å². The summed E-state index contributed by atoms with van der Waals surface area (Å²) < 4.78 is 22.4. The number of carbonyl (C=O) groups excluding carboxylic acids is 1. The molecule has 4 heterocycles. The second-order valence-corrected chi connectivity index (χ2v) is 9.78. The number of nitrogens with one attached hydrogen (secondary N) is 1. The second kappa shape index (κ2) is 8.84. The molecule has 3 aromatic heterocycles. The molecule has 1 saturated heterocycles. The van der Waals surface area contributed by atoms with Crippen LogP contribution in [0.3, 0.4) is 0 Å². The first kappa shape index (κ1) is 22.5. The Kier molecular flexibility index (Phi) is 5.86. The average Bonchev–Trinajstić information content (AvgIpc) is 3.41. The fourth-order valence-corrected chi connectivity index (χ4v) is 5.51. The van der Waals surface area contributed by atoms with E-state index in [0.717, 1.165) is 36.3 Å². The van der Waals surface area contributed by atoms with Crippen LogP contribution in [-0.2, 0) is 0 Å². The maximum absolute atomic E-state index is 14.5. The summed E-state index contributed by atoms with van der Waals surface area (Å²) in [5.41, 5.74) is 3.34. The topological polar surface area (TPSA) is 75.0 Å². The van der Waals surface area contributed by atoms with Crippen LogP contribution in [0.1, 0.15) is 28.9 Å². The van der Waals surface area contributed by atoms with Crippen LogP contribution in [0.4, 0.5) is 15.8 Å². The molecule has 8 nitrogen and oxygen atoms in total. The number of anilines is 2. The quantitative estimate of drug-likeness (QED) is 0.460. The van der Waals surface area contributed by atoms with Crippen molar-refractivity contribution in [3.63, 3.8) is 0 Å². The minimum Gasteiger partial charge on any atom is -0.473 e. The van der Waals surface area contributed by atoms with E-state index in [1.807, 2.05) is 6.07 Å². The summed E-state index contributed by atoms with van der Waals surface area (Å²) in [6, 6.07) is 5.63. The molecule has 1 N–H and O–H groups in total. The summed E-state index contributed by atoms with van der Waals surface area (Å²) in [6.45, 7) is 3.67. The SMILES string of the molecule is COc1nc2c(C(=O)Nc3cc(F)c4nc(C)cn4c3)ccc(N3CCC(N(C)C)CC3)c2s1. The van der Waals surface area contributed by atoms with Crippen molar-refractivity contribution in [2.24, 2.45) is 0 Å². The van der Waals surface area contributed by atoms with Crippen molar-refractivity contribution in [2.45, 2.75) is 25.8 Å². The van der Waals surface area contributed by atoms with E-state index >= 15 is 0 Å². The van der Waals surface area contributed by atoms with E-state index in [9.17, 15) is 9.18 Å². The highest BCUT2D eigenvalue weighted by atomic mass is 32.1. The van der Waals surface area contributed by atoms with Crippen LogP contribution >= 0.6 is 11.3 Å². The lowest BCUT2D eigenvalue weighted by Crippen LogP contribution is -2.42. The fourth-order valence-electron chi connectivity index (χ4n) is 4.56. The monoisotopic (exact) mass is 482 g/mol. The van der Waals surface area contributed by atoms with Gasteiger partial charge in [-0.1, -0.05) is 11.3 Å². The van der Waals surface area contributed by atoms with Gasteiger partial charge in [0.2, 0.25) is 0 Å². The molecule has 0 spiro atoms. The van der Waals surface area contributed by atoms with Gasteiger partial charge < -0.3 is 24.3 Å². The molecule has 1 aliphatic rings. The number of hydrogen-bond acceptors (Lipinski definition) is 7. The molecule has 10 heteroatoms. The van der Waals surface area contributed by atoms with Gasteiger partial charge in [0.15, 0.2) is 11.5 Å². The summed E-state index contributed by atoms with van der Waals surface area (Å²) in [4.78, 5) is 26.6. The van der Waals surface area contributed by atoms with Gasteiger partial charge in [-0.05, 0) is 46.0 Å². The number of hydrogen-bond donors (Lipinski definition) is 1. The zero-order valence-corrected chi connectivity index (χ0v) is 20.4. The van der Waals surface area contributed by atoms with Gasteiger partial charge in [-0.15, -0.1) is 0 Å². The first-order valence-electron chi connectivity index (χ1n) is 11.2. The molecule has 0 bridgehead atoms. The van der Waals surface area contributed by atoms with E-state index in [1.165, 1.54) is 17.4 Å². The van der Waals surface area contributed by atoms with Gasteiger partial charge in [-0.25, -0.2) is 14.4 Å². The fraction of sp³-hybridized carbons (Fsp3) is 0.375. The van der Waals surface area contributed by atoms with Crippen LogP contribution in [-0.4, -0.2) is 65.5 Å². The maximum Gasteiger partial charge on any atom is 0.274 e. The first-order valence-corrected chi connectivity index (χ1v) is 12.0. The van der Waals surface area contributed by atoms with E-state index in [-0.39, 0.29) is 11.6 Å². The Morgan fingerprint density at radius 3 is 2.71 bits per heavy atom. The third-order valence-electron chi connectivity index (χ3n) is 6.34. The second-order valence-electron chi connectivity index (χ2n) is 8.82. The number of methoxy groups -OCH3 is 1. The number of piperidine rings is 1. The number of pyridine rings is 1. The smallest absolute Gasteiger partial charge is 0.274 e. The number of halogens is 1. The van der Waals surface area contributed by atoms with Gasteiger partial charge in [-0.3, -0.25) is 4.79 Å². The average molecular weight is 483 g/mol. The van der Waals surface area contributed by atoms with Crippen LogP contribution in [0.5, 0.6) is 5.19 Å². The highest BCUT2D eigenvalue weighted by Crippen LogP contribution is 2.38.